The van der Waals surface area contributed by atoms with Crippen molar-refractivity contribution < 1.29 is 8.78 Å². The second-order valence-corrected chi connectivity index (χ2v) is 4.68. The van der Waals surface area contributed by atoms with Crippen LogP contribution in [0.15, 0.2) is 36.4 Å². The van der Waals surface area contributed by atoms with Crippen LogP contribution in [-0.4, -0.2) is 20.2 Å². The summed E-state index contributed by atoms with van der Waals surface area (Å²) in [5, 5.41) is 11.5. The van der Waals surface area contributed by atoms with Crippen molar-refractivity contribution in [2.75, 3.05) is 5.73 Å². The largest absolute Gasteiger partial charge is 0.398 e. The molecule has 3 aromatic rings. The fraction of sp³-hybridized carbons (Fsp3) is 0. The molecule has 0 aliphatic heterocycles. The van der Waals surface area contributed by atoms with Crippen LogP contribution in [0.4, 0.5) is 14.5 Å². The smallest absolute Gasteiger partial charge is 0.189 e. The van der Waals surface area contributed by atoms with Crippen LogP contribution in [-0.2, 0) is 0 Å². The van der Waals surface area contributed by atoms with Gasteiger partial charge in [-0.15, -0.1) is 5.10 Å². The molecular weight excluding hydrogens is 300 g/mol. The number of nitrogens with zero attached hydrogens (tertiary/aromatic N) is 4. The minimum atomic E-state index is -0.781. The summed E-state index contributed by atoms with van der Waals surface area (Å²) in [4.78, 5) is 0. The highest BCUT2D eigenvalue weighted by molar-refractivity contribution is 6.31. The average molecular weight is 308 g/mol. The highest BCUT2D eigenvalue weighted by atomic mass is 35.5. The number of hydrogen-bond acceptors (Lipinski definition) is 4. The summed E-state index contributed by atoms with van der Waals surface area (Å²) in [5.41, 5.74) is 6.74. The standard InChI is InChI=1S/C13H8ClF2N5/c14-7-1-3-9(11(17)5-7)13-18-19-20-21(13)12-4-2-8(15)6-10(12)16/h1-6H,17H2. The minimum Gasteiger partial charge on any atom is -0.398 e. The fourth-order valence-corrected chi connectivity index (χ4v) is 2.09. The van der Waals surface area contributed by atoms with Crippen LogP contribution in [0.5, 0.6) is 0 Å². The van der Waals surface area contributed by atoms with Gasteiger partial charge in [-0.3, -0.25) is 0 Å². The van der Waals surface area contributed by atoms with E-state index < -0.39 is 11.6 Å². The predicted octanol–water partition coefficient (Wildman–Crippen LogP) is 2.84. The third-order valence-corrected chi connectivity index (χ3v) is 3.10. The van der Waals surface area contributed by atoms with E-state index in [1.807, 2.05) is 0 Å². The van der Waals surface area contributed by atoms with Gasteiger partial charge in [-0.2, -0.15) is 4.68 Å². The summed E-state index contributed by atoms with van der Waals surface area (Å²) >= 11 is 5.84. The van der Waals surface area contributed by atoms with E-state index in [0.717, 1.165) is 16.8 Å². The fourth-order valence-electron chi connectivity index (χ4n) is 1.91. The molecule has 1 aromatic heterocycles. The van der Waals surface area contributed by atoms with Crippen LogP contribution in [0, 0.1) is 11.6 Å². The Kier molecular flexibility index (Phi) is 3.26. The minimum absolute atomic E-state index is 0.0192. The molecule has 106 valence electrons. The van der Waals surface area contributed by atoms with Gasteiger partial charge >= 0.3 is 0 Å². The number of rotatable bonds is 2. The zero-order valence-corrected chi connectivity index (χ0v) is 11.2. The van der Waals surface area contributed by atoms with Crippen LogP contribution in [0.2, 0.25) is 5.02 Å². The Bertz CT molecular complexity index is 752. The predicted molar refractivity (Wildman–Crippen MR) is 73.9 cm³/mol. The van der Waals surface area contributed by atoms with Crippen molar-refractivity contribution in [2.24, 2.45) is 0 Å². The van der Waals surface area contributed by atoms with Gasteiger partial charge in [0.25, 0.3) is 0 Å². The van der Waals surface area contributed by atoms with E-state index in [9.17, 15) is 8.78 Å². The first-order valence-electron chi connectivity index (χ1n) is 5.85. The van der Waals surface area contributed by atoms with Gasteiger partial charge in [0.05, 0.1) is 0 Å². The maximum atomic E-state index is 13.9. The highest BCUT2D eigenvalue weighted by Crippen LogP contribution is 2.28. The maximum Gasteiger partial charge on any atom is 0.189 e. The molecule has 1 heterocycles. The maximum absolute atomic E-state index is 13.9. The zero-order chi connectivity index (χ0) is 15.0. The van der Waals surface area contributed by atoms with Crippen LogP contribution < -0.4 is 5.73 Å². The van der Waals surface area contributed by atoms with Gasteiger partial charge in [0, 0.05) is 22.3 Å². The molecular formula is C13H8ClF2N5. The Balaban J connectivity index is 2.17. The van der Waals surface area contributed by atoms with E-state index in [-0.39, 0.29) is 11.5 Å². The van der Waals surface area contributed by atoms with Crippen molar-refractivity contribution >= 4 is 17.3 Å². The molecule has 0 saturated heterocycles. The Morgan fingerprint density at radius 1 is 1.10 bits per heavy atom. The summed E-state index contributed by atoms with van der Waals surface area (Å²) in [6.07, 6.45) is 0. The van der Waals surface area contributed by atoms with Crippen molar-refractivity contribution in [1.82, 2.24) is 20.2 Å². The Morgan fingerprint density at radius 3 is 2.62 bits per heavy atom. The number of nitrogens with two attached hydrogens (primary N) is 1. The Labute approximate surface area is 123 Å². The van der Waals surface area contributed by atoms with E-state index in [1.165, 1.54) is 12.1 Å². The monoisotopic (exact) mass is 307 g/mol. The lowest BCUT2D eigenvalue weighted by molar-refractivity contribution is 0.572. The summed E-state index contributed by atoms with van der Waals surface area (Å²) in [7, 11) is 0. The number of aromatic nitrogens is 4. The van der Waals surface area contributed by atoms with E-state index in [2.05, 4.69) is 15.5 Å². The molecule has 0 bridgehead atoms. The van der Waals surface area contributed by atoms with Crippen molar-refractivity contribution in [1.29, 1.82) is 0 Å². The number of benzene rings is 2. The van der Waals surface area contributed by atoms with Crippen molar-refractivity contribution in [3.8, 4) is 17.1 Å². The molecule has 2 N–H and O–H groups in total. The first kappa shape index (κ1) is 13.4. The summed E-state index contributed by atoms with van der Waals surface area (Å²) in [5.74, 6) is -1.23. The van der Waals surface area contributed by atoms with E-state index in [1.54, 1.807) is 12.1 Å². The van der Waals surface area contributed by atoms with Crippen LogP contribution in [0.25, 0.3) is 17.1 Å². The number of tetrazole rings is 1. The molecule has 0 fully saturated rings. The SMILES string of the molecule is Nc1cc(Cl)ccc1-c1nnnn1-c1ccc(F)cc1F. The highest BCUT2D eigenvalue weighted by Gasteiger charge is 2.16. The van der Waals surface area contributed by atoms with Gasteiger partial charge in [-0.25, -0.2) is 8.78 Å². The third kappa shape index (κ3) is 2.43. The third-order valence-electron chi connectivity index (χ3n) is 2.86. The molecule has 2 aromatic carbocycles. The Hall–Kier alpha value is -2.54. The zero-order valence-electron chi connectivity index (χ0n) is 10.5. The molecule has 0 aliphatic carbocycles. The lowest BCUT2D eigenvalue weighted by Crippen LogP contribution is -2.04. The molecule has 5 nitrogen and oxygen atoms in total. The van der Waals surface area contributed by atoms with E-state index in [4.69, 9.17) is 17.3 Å². The van der Waals surface area contributed by atoms with Crippen molar-refractivity contribution in [3.63, 3.8) is 0 Å². The number of nitrogen functional groups attached to an aromatic ring is 1. The summed E-state index contributed by atoms with van der Waals surface area (Å²) in [6, 6.07) is 7.91. The van der Waals surface area contributed by atoms with Gasteiger partial charge < -0.3 is 5.73 Å². The topological polar surface area (TPSA) is 69.6 Å². The molecule has 0 radical (unpaired) electrons. The Morgan fingerprint density at radius 2 is 1.90 bits per heavy atom. The van der Waals surface area contributed by atoms with Crippen LogP contribution in [0.1, 0.15) is 0 Å². The molecule has 3 rings (SSSR count). The normalized spacial score (nSPS) is 10.8. The number of anilines is 1. The molecule has 0 spiro atoms. The lowest BCUT2D eigenvalue weighted by Gasteiger charge is -2.08. The van der Waals surface area contributed by atoms with Gasteiger partial charge in [0.2, 0.25) is 0 Å². The number of hydrogen-bond donors (Lipinski definition) is 1. The van der Waals surface area contributed by atoms with Gasteiger partial charge in [-0.05, 0) is 40.8 Å². The molecule has 0 amide bonds. The lowest BCUT2D eigenvalue weighted by atomic mass is 10.1. The summed E-state index contributed by atoms with van der Waals surface area (Å²) in [6.45, 7) is 0. The van der Waals surface area contributed by atoms with Gasteiger partial charge in [-0.1, -0.05) is 11.6 Å². The number of halogens is 3. The van der Waals surface area contributed by atoms with Gasteiger partial charge in [0.15, 0.2) is 11.6 Å². The first-order chi connectivity index (χ1) is 10.1. The van der Waals surface area contributed by atoms with Gasteiger partial charge in [0.1, 0.15) is 11.5 Å². The second-order valence-electron chi connectivity index (χ2n) is 4.24. The average Bonchev–Trinajstić information content (AvgIpc) is 2.87. The van der Waals surface area contributed by atoms with Crippen molar-refractivity contribution in [3.05, 3.63) is 53.1 Å². The molecule has 0 saturated carbocycles. The second kappa shape index (κ2) is 5.10. The van der Waals surface area contributed by atoms with E-state index >= 15 is 0 Å². The van der Waals surface area contributed by atoms with Crippen LogP contribution in [0.3, 0.4) is 0 Å². The molecule has 0 unspecified atom stereocenters. The van der Waals surface area contributed by atoms with E-state index in [0.29, 0.717) is 16.3 Å². The molecule has 8 heteroatoms. The van der Waals surface area contributed by atoms with Crippen LogP contribution >= 0.6 is 11.6 Å². The summed E-state index contributed by atoms with van der Waals surface area (Å²) < 4.78 is 28.0. The quantitative estimate of drug-likeness (QED) is 0.739. The van der Waals surface area contributed by atoms with Crippen molar-refractivity contribution in [2.45, 2.75) is 0 Å². The first-order valence-corrected chi connectivity index (χ1v) is 6.23. The molecule has 21 heavy (non-hydrogen) atoms. The molecule has 0 atom stereocenters. The molecule has 0 aliphatic rings.